The van der Waals surface area contributed by atoms with Crippen LogP contribution in [0.4, 0.5) is 11.4 Å². The van der Waals surface area contributed by atoms with Crippen molar-refractivity contribution in [3.05, 3.63) is 217 Å². The molecule has 1 unspecified atom stereocenters. The van der Waals surface area contributed by atoms with E-state index in [0.717, 1.165) is 29.0 Å². The Labute approximate surface area is 333 Å². The first-order chi connectivity index (χ1) is 28.0. The highest BCUT2D eigenvalue weighted by molar-refractivity contribution is 6.12. The molecule has 1 heterocycles. The number of rotatable bonds is 6. The first-order valence-corrected chi connectivity index (χ1v) is 20.0. The van der Waals surface area contributed by atoms with E-state index < -0.39 is 0 Å². The van der Waals surface area contributed by atoms with Crippen LogP contribution in [-0.4, -0.2) is 0 Å². The molecule has 9 aromatic rings. The van der Waals surface area contributed by atoms with Crippen LogP contribution in [0.3, 0.4) is 0 Å². The van der Waals surface area contributed by atoms with E-state index in [1.165, 1.54) is 77.3 Å². The lowest BCUT2D eigenvalue weighted by molar-refractivity contribution is 0.653. The number of fused-ring (bicyclic) bond motifs is 8. The lowest BCUT2D eigenvalue weighted by atomic mass is 9.81. The highest BCUT2D eigenvalue weighted by Gasteiger charge is 2.38. The third-order valence-corrected chi connectivity index (χ3v) is 12.4. The van der Waals surface area contributed by atoms with Crippen LogP contribution in [0.25, 0.3) is 66.1 Å². The predicted molar refractivity (Wildman–Crippen MR) is 239 cm³/mol. The molecule has 57 heavy (non-hydrogen) atoms. The Bertz CT molecular complexity index is 3060. The zero-order valence-corrected chi connectivity index (χ0v) is 32.1. The number of anilines is 2. The third kappa shape index (κ3) is 5.39. The van der Waals surface area contributed by atoms with Crippen LogP contribution < -0.4 is 4.90 Å². The van der Waals surface area contributed by atoms with Crippen molar-refractivity contribution in [2.24, 2.45) is 0 Å². The van der Waals surface area contributed by atoms with Crippen LogP contribution in [0, 0.1) is 0 Å². The highest BCUT2D eigenvalue weighted by Crippen LogP contribution is 2.54. The van der Waals surface area contributed by atoms with E-state index in [0.29, 0.717) is 5.92 Å². The number of furan rings is 1. The summed E-state index contributed by atoms with van der Waals surface area (Å²) in [6, 6.07) is 64.1. The number of hydrogen-bond donors (Lipinski definition) is 0. The minimum atomic E-state index is -0.177. The fraction of sp³-hybridized carbons (Fsp3) is 0.0909. The summed E-state index contributed by atoms with van der Waals surface area (Å²) in [5.41, 5.74) is 16.6. The molecule has 2 aliphatic carbocycles. The molecule has 0 fully saturated rings. The lowest BCUT2D eigenvalue weighted by Crippen LogP contribution is -2.17. The van der Waals surface area contributed by atoms with Gasteiger partial charge in [0.1, 0.15) is 11.2 Å². The lowest BCUT2D eigenvalue weighted by Gasteiger charge is -2.30. The second-order valence-electron chi connectivity index (χ2n) is 16.0. The molecule has 11 rings (SSSR count). The van der Waals surface area contributed by atoms with Crippen molar-refractivity contribution in [1.82, 2.24) is 0 Å². The SMILES string of the molecule is CC1(C)c2cc(-c3ccc(N(C4=CCC(c5ccccc5)C=C4)c4ccc(-c5ccccc5)cc4)c4ccccc34)ccc2-c2c1ccc1c2oc2ccccc21. The molecule has 0 amide bonds. The van der Waals surface area contributed by atoms with Gasteiger partial charge in [-0.2, -0.15) is 0 Å². The van der Waals surface area contributed by atoms with E-state index in [1.807, 2.05) is 0 Å². The topological polar surface area (TPSA) is 16.4 Å². The van der Waals surface area contributed by atoms with Crippen LogP contribution in [0.1, 0.15) is 42.9 Å². The van der Waals surface area contributed by atoms with E-state index in [9.17, 15) is 0 Å². The number of benzene rings is 8. The molecular weight excluding hydrogens is 691 g/mol. The third-order valence-electron chi connectivity index (χ3n) is 12.4. The highest BCUT2D eigenvalue weighted by atomic mass is 16.3. The maximum atomic E-state index is 6.58. The summed E-state index contributed by atoms with van der Waals surface area (Å²) in [4.78, 5) is 2.44. The Morgan fingerprint density at radius 3 is 1.98 bits per heavy atom. The van der Waals surface area contributed by atoms with Crippen molar-refractivity contribution in [1.29, 1.82) is 0 Å². The summed E-state index contributed by atoms with van der Waals surface area (Å²) in [6.45, 7) is 4.71. The molecule has 0 aliphatic heterocycles. The van der Waals surface area contributed by atoms with Gasteiger partial charge in [0.2, 0.25) is 0 Å². The average molecular weight is 732 g/mol. The Morgan fingerprint density at radius 2 is 1.21 bits per heavy atom. The van der Waals surface area contributed by atoms with E-state index in [4.69, 9.17) is 4.42 Å². The molecule has 2 nitrogen and oxygen atoms in total. The summed E-state index contributed by atoms with van der Waals surface area (Å²) in [6.07, 6.45) is 8.03. The number of allylic oxidation sites excluding steroid dienone is 3. The van der Waals surface area contributed by atoms with E-state index in [-0.39, 0.29) is 5.41 Å². The fourth-order valence-corrected chi connectivity index (χ4v) is 9.48. The molecule has 8 aromatic carbocycles. The molecule has 2 heteroatoms. The van der Waals surface area contributed by atoms with E-state index >= 15 is 0 Å². The van der Waals surface area contributed by atoms with Crippen molar-refractivity contribution in [3.63, 3.8) is 0 Å². The molecule has 0 saturated heterocycles. The minimum absolute atomic E-state index is 0.177. The van der Waals surface area contributed by atoms with Gasteiger partial charge in [0.25, 0.3) is 0 Å². The Balaban J connectivity index is 1.03. The number of hydrogen-bond acceptors (Lipinski definition) is 2. The predicted octanol–water partition coefficient (Wildman–Crippen LogP) is 15.1. The van der Waals surface area contributed by atoms with Gasteiger partial charge in [0.15, 0.2) is 0 Å². The molecule has 0 spiro atoms. The largest absolute Gasteiger partial charge is 0.455 e. The molecule has 272 valence electrons. The van der Waals surface area contributed by atoms with Gasteiger partial charge in [0.05, 0.1) is 5.69 Å². The smallest absolute Gasteiger partial charge is 0.143 e. The molecule has 0 radical (unpaired) electrons. The normalized spacial score (nSPS) is 15.5. The second kappa shape index (κ2) is 13.1. The molecule has 0 saturated carbocycles. The van der Waals surface area contributed by atoms with E-state index in [2.05, 4.69) is 213 Å². The van der Waals surface area contributed by atoms with Gasteiger partial charge in [-0.25, -0.2) is 0 Å². The standard InChI is InChI=1S/C55H41NO/c1-55(2)49-33-31-47-46-19-11-12-20-52(46)57-54(47)53(49)48-30-25-40(35-50(48)55)43-32-34-51(45-18-10-9-17-44(43)45)56(41-26-21-38(22-27-41)36-13-5-3-6-14-36)42-28-23-39(24-29-42)37-15-7-4-8-16-37/h3-23,25-35,39H,24H2,1-2H3. The molecule has 1 atom stereocenters. The molecule has 1 aromatic heterocycles. The van der Waals surface area contributed by atoms with Gasteiger partial charge in [-0.1, -0.05) is 172 Å². The monoisotopic (exact) mass is 731 g/mol. The molecule has 2 aliphatic rings. The average Bonchev–Trinajstić information content (AvgIpc) is 3.76. The van der Waals surface area contributed by atoms with Gasteiger partial charge in [0, 0.05) is 44.4 Å². The van der Waals surface area contributed by atoms with Crippen molar-refractivity contribution in [2.75, 3.05) is 4.90 Å². The van der Waals surface area contributed by atoms with Crippen LogP contribution >= 0.6 is 0 Å². The van der Waals surface area contributed by atoms with Crippen LogP contribution in [-0.2, 0) is 5.41 Å². The van der Waals surface area contributed by atoms with Crippen molar-refractivity contribution >= 4 is 44.1 Å². The Kier molecular flexibility index (Phi) is 7.69. The second-order valence-corrected chi connectivity index (χ2v) is 16.0. The summed E-state index contributed by atoms with van der Waals surface area (Å²) in [7, 11) is 0. The van der Waals surface area contributed by atoms with Crippen LogP contribution in [0.2, 0.25) is 0 Å². The summed E-state index contributed by atoms with van der Waals surface area (Å²) in [5.74, 6) is 0.356. The first-order valence-electron chi connectivity index (χ1n) is 20.0. The van der Waals surface area contributed by atoms with Gasteiger partial charge in [-0.15, -0.1) is 0 Å². The fourth-order valence-electron chi connectivity index (χ4n) is 9.48. The van der Waals surface area contributed by atoms with Gasteiger partial charge in [-0.05, 0) is 92.7 Å². The zero-order chi connectivity index (χ0) is 38.1. The zero-order valence-electron chi connectivity index (χ0n) is 32.1. The number of para-hydroxylation sites is 1. The van der Waals surface area contributed by atoms with Gasteiger partial charge < -0.3 is 9.32 Å². The molecule has 0 N–H and O–H groups in total. The summed E-state index contributed by atoms with van der Waals surface area (Å²) >= 11 is 0. The van der Waals surface area contributed by atoms with Crippen LogP contribution in [0.15, 0.2) is 204 Å². The maximum Gasteiger partial charge on any atom is 0.143 e. The van der Waals surface area contributed by atoms with Crippen molar-refractivity contribution in [2.45, 2.75) is 31.6 Å². The summed E-state index contributed by atoms with van der Waals surface area (Å²) < 4.78 is 6.58. The van der Waals surface area contributed by atoms with Crippen molar-refractivity contribution in [3.8, 4) is 33.4 Å². The molecular formula is C55H41NO. The van der Waals surface area contributed by atoms with Gasteiger partial charge in [-0.3, -0.25) is 0 Å². The quantitative estimate of drug-likeness (QED) is 0.169. The van der Waals surface area contributed by atoms with Gasteiger partial charge >= 0.3 is 0 Å². The summed E-state index contributed by atoms with van der Waals surface area (Å²) in [5, 5.41) is 4.79. The van der Waals surface area contributed by atoms with Crippen molar-refractivity contribution < 1.29 is 4.42 Å². The number of nitrogens with zero attached hydrogens (tertiary/aromatic N) is 1. The Morgan fingerprint density at radius 1 is 0.544 bits per heavy atom. The Hall–Kier alpha value is -6.90. The van der Waals surface area contributed by atoms with Crippen LogP contribution in [0.5, 0.6) is 0 Å². The maximum absolute atomic E-state index is 6.58. The minimum Gasteiger partial charge on any atom is -0.455 e. The van der Waals surface area contributed by atoms with E-state index in [1.54, 1.807) is 0 Å². The first kappa shape index (κ1) is 33.4. The molecule has 0 bridgehead atoms.